The molecule has 2 aliphatic rings. The van der Waals surface area contributed by atoms with Gasteiger partial charge < -0.3 is 13.9 Å². The molecule has 2 aliphatic heterocycles. The third kappa shape index (κ3) is 2.95. The molecule has 0 fully saturated rings. The van der Waals surface area contributed by atoms with Gasteiger partial charge in [0, 0.05) is 38.4 Å². The van der Waals surface area contributed by atoms with Gasteiger partial charge in [-0.1, -0.05) is 103 Å². The molecule has 1 unspecified atom stereocenters. The molecule has 0 amide bonds. The molecule has 7 aromatic carbocycles. The molecule has 48 heavy (non-hydrogen) atoms. The van der Waals surface area contributed by atoms with Crippen LogP contribution in [0.15, 0.2) is 152 Å². The summed E-state index contributed by atoms with van der Waals surface area (Å²) in [5.74, 6) is 1.70. The summed E-state index contributed by atoms with van der Waals surface area (Å²) in [6.45, 7) is 0. The van der Waals surface area contributed by atoms with Gasteiger partial charge in [-0.15, -0.1) is 0 Å². The Kier molecular flexibility index (Phi) is 4.82. The lowest BCUT2D eigenvalue weighted by atomic mass is 9.61. The highest BCUT2D eigenvalue weighted by molar-refractivity contribution is 6.14. The Morgan fingerprint density at radius 2 is 1.10 bits per heavy atom. The van der Waals surface area contributed by atoms with E-state index in [0.29, 0.717) is 5.56 Å². The van der Waals surface area contributed by atoms with E-state index in [9.17, 15) is 5.26 Å². The van der Waals surface area contributed by atoms with E-state index in [-0.39, 0.29) is 0 Å². The highest BCUT2D eigenvalue weighted by Gasteiger charge is 2.51. The third-order valence-electron chi connectivity index (χ3n) is 10.6. The maximum atomic E-state index is 9.57. The Bertz CT molecular complexity index is 2880. The lowest BCUT2D eigenvalue weighted by Crippen LogP contribution is -2.37. The van der Waals surface area contributed by atoms with Crippen molar-refractivity contribution in [3.8, 4) is 28.9 Å². The van der Waals surface area contributed by atoms with Crippen LogP contribution in [0.1, 0.15) is 27.8 Å². The number of hydrogen-bond acceptors (Lipinski definition) is 2. The smallest absolute Gasteiger partial charge is 0.156 e. The molecule has 2 aromatic heterocycles. The topological polar surface area (TPSA) is 42.9 Å². The molecule has 0 radical (unpaired) electrons. The fourth-order valence-corrected chi connectivity index (χ4v) is 8.78. The lowest BCUT2D eigenvalue weighted by Gasteiger charge is -2.45. The number of aromatic nitrogens is 2. The van der Waals surface area contributed by atoms with Gasteiger partial charge in [0.2, 0.25) is 0 Å². The molecule has 11 rings (SSSR count). The monoisotopic (exact) mass is 611 g/mol. The molecular formula is C44H25N3O. The summed E-state index contributed by atoms with van der Waals surface area (Å²) in [5.41, 5.74) is 11.4. The number of ether oxygens (including phenoxy) is 1. The van der Waals surface area contributed by atoms with Gasteiger partial charge in [0.15, 0.2) is 5.75 Å². The van der Waals surface area contributed by atoms with E-state index in [1.54, 1.807) is 0 Å². The van der Waals surface area contributed by atoms with Crippen molar-refractivity contribution >= 4 is 43.6 Å². The molecule has 4 heteroatoms. The van der Waals surface area contributed by atoms with E-state index >= 15 is 0 Å². The van der Waals surface area contributed by atoms with Crippen LogP contribution in [-0.4, -0.2) is 9.13 Å². The standard InChI is InChI=1S/C44H25N3O/c45-26-27-20-22-28(23-21-27)46-37-16-5-1-11-30(37)32-24-25-36-43(42(32)46)48-40-19-8-4-14-34(40)44(36)33-13-3-7-18-39(33)47-38-17-6-2-10-29(38)31-12-9-15-35(44)41(31)47/h1-25H. The van der Waals surface area contributed by atoms with Crippen LogP contribution < -0.4 is 4.74 Å². The van der Waals surface area contributed by atoms with Crippen LogP contribution in [0, 0.1) is 11.3 Å². The zero-order chi connectivity index (χ0) is 31.6. The van der Waals surface area contributed by atoms with Gasteiger partial charge >= 0.3 is 0 Å². The first-order chi connectivity index (χ1) is 23.8. The van der Waals surface area contributed by atoms with E-state index in [2.05, 4.69) is 143 Å². The van der Waals surface area contributed by atoms with Gasteiger partial charge in [-0.3, -0.25) is 0 Å². The van der Waals surface area contributed by atoms with Crippen molar-refractivity contribution < 1.29 is 4.74 Å². The predicted molar refractivity (Wildman–Crippen MR) is 192 cm³/mol. The summed E-state index contributed by atoms with van der Waals surface area (Å²) < 4.78 is 11.9. The van der Waals surface area contributed by atoms with Crippen LogP contribution in [0.3, 0.4) is 0 Å². The van der Waals surface area contributed by atoms with Gasteiger partial charge in [0.05, 0.1) is 44.8 Å². The quantitative estimate of drug-likeness (QED) is 0.185. The average molecular weight is 612 g/mol. The van der Waals surface area contributed by atoms with Gasteiger partial charge in [-0.2, -0.15) is 5.26 Å². The Labute approximate surface area is 275 Å². The highest BCUT2D eigenvalue weighted by atomic mass is 16.5. The van der Waals surface area contributed by atoms with Crippen LogP contribution in [0.2, 0.25) is 0 Å². The van der Waals surface area contributed by atoms with Crippen molar-refractivity contribution in [2.45, 2.75) is 5.41 Å². The first kappa shape index (κ1) is 25.6. The van der Waals surface area contributed by atoms with E-state index in [1.807, 2.05) is 24.3 Å². The van der Waals surface area contributed by atoms with E-state index in [4.69, 9.17) is 4.74 Å². The zero-order valence-electron chi connectivity index (χ0n) is 25.7. The summed E-state index contributed by atoms with van der Waals surface area (Å²) in [4.78, 5) is 0. The van der Waals surface area contributed by atoms with Crippen LogP contribution >= 0.6 is 0 Å². The average Bonchev–Trinajstić information content (AvgIpc) is 3.68. The number of nitriles is 1. The number of nitrogens with zero attached hydrogens (tertiary/aromatic N) is 3. The number of rotatable bonds is 1. The second-order valence-electron chi connectivity index (χ2n) is 12.8. The number of benzene rings is 7. The molecule has 9 aromatic rings. The van der Waals surface area contributed by atoms with Gasteiger partial charge in [0.1, 0.15) is 5.75 Å². The summed E-state index contributed by atoms with van der Waals surface area (Å²) >= 11 is 0. The fourth-order valence-electron chi connectivity index (χ4n) is 8.78. The van der Waals surface area contributed by atoms with E-state index < -0.39 is 5.41 Å². The summed E-state index contributed by atoms with van der Waals surface area (Å²) in [5, 5.41) is 14.3. The normalized spacial score (nSPS) is 15.7. The Balaban J connectivity index is 1.37. The summed E-state index contributed by atoms with van der Waals surface area (Å²) in [6.07, 6.45) is 0. The first-order valence-corrected chi connectivity index (χ1v) is 16.3. The maximum absolute atomic E-state index is 9.57. The zero-order valence-corrected chi connectivity index (χ0v) is 25.7. The van der Waals surface area contributed by atoms with E-state index in [1.165, 1.54) is 38.6 Å². The second-order valence-corrected chi connectivity index (χ2v) is 12.8. The van der Waals surface area contributed by atoms with Crippen LogP contribution in [0.4, 0.5) is 0 Å². The minimum Gasteiger partial charge on any atom is -0.454 e. The first-order valence-electron chi connectivity index (χ1n) is 16.3. The molecule has 1 spiro atoms. The van der Waals surface area contributed by atoms with Gasteiger partial charge in [-0.25, -0.2) is 0 Å². The Hall–Kier alpha value is -6.57. The lowest BCUT2D eigenvalue weighted by molar-refractivity contribution is 0.438. The molecule has 0 bridgehead atoms. The number of hydrogen-bond donors (Lipinski definition) is 0. The molecule has 0 N–H and O–H groups in total. The van der Waals surface area contributed by atoms with Crippen LogP contribution in [0.5, 0.6) is 11.5 Å². The van der Waals surface area contributed by atoms with Crippen molar-refractivity contribution in [3.63, 3.8) is 0 Å². The van der Waals surface area contributed by atoms with Crippen molar-refractivity contribution in [2.24, 2.45) is 0 Å². The molecule has 0 saturated heterocycles. The summed E-state index contributed by atoms with van der Waals surface area (Å²) in [7, 11) is 0. The fraction of sp³-hybridized carbons (Fsp3) is 0.0227. The van der Waals surface area contributed by atoms with Crippen molar-refractivity contribution in [1.29, 1.82) is 5.26 Å². The molecule has 1 atom stereocenters. The highest BCUT2D eigenvalue weighted by Crippen LogP contribution is 2.61. The minimum atomic E-state index is -0.648. The van der Waals surface area contributed by atoms with Crippen molar-refractivity contribution in [1.82, 2.24) is 9.13 Å². The third-order valence-corrected chi connectivity index (χ3v) is 10.6. The number of para-hydroxylation sites is 5. The maximum Gasteiger partial charge on any atom is 0.156 e. The molecule has 222 valence electrons. The predicted octanol–water partition coefficient (Wildman–Crippen LogP) is 10.6. The molecule has 0 aliphatic carbocycles. The van der Waals surface area contributed by atoms with Crippen molar-refractivity contribution in [2.75, 3.05) is 0 Å². The Morgan fingerprint density at radius 1 is 0.479 bits per heavy atom. The van der Waals surface area contributed by atoms with Crippen molar-refractivity contribution in [3.05, 3.63) is 179 Å². The summed E-state index contributed by atoms with van der Waals surface area (Å²) in [6, 6.07) is 56.2. The Morgan fingerprint density at radius 3 is 1.90 bits per heavy atom. The van der Waals surface area contributed by atoms with Gasteiger partial charge in [0.25, 0.3) is 0 Å². The second kappa shape index (κ2) is 9.03. The van der Waals surface area contributed by atoms with Crippen LogP contribution in [-0.2, 0) is 5.41 Å². The largest absolute Gasteiger partial charge is 0.454 e. The molecule has 4 nitrogen and oxygen atoms in total. The molecular weight excluding hydrogens is 587 g/mol. The minimum absolute atomic E-state index is 0.632. The SMILES string of the molecule is N#Cc1ccc(-n2c3ccccc3c3ccc4c(c32)Oc2ccccc2C42c3ccccc3-n3c4ccccc4c4cccc2c43)cc1. The van der Waals surface area contributed by atoms with E-state index in [0.717, 1.165) is 50.1 Å². The molecule has 0 saturated carbocycles. The molecule has 4 heterocycles. The van der Waals surface area contributed by atoms with Crippen LogP contribution in [0.25, 0.3) is 55.0 Å². The number of fused-ring (bicyclic) bond motifs is 15. The van der Waals surface area contributed by atoms with Gasteiger partial charge in [-0.05, 0) is 59.7 Å².